The van der Waals surface area contributed by atoms with Crippen LogP contribution in [0.1, 0.15) is 26.4 Å². The van der Waals surface area contributed by atoms with Crippen LogP contribution in [-0.4, -0.2) is 22.3 Å². The minimum absolute atomic E-state index is 0.0331. The highest BCUT2D eigenvalue weighted by Crippen LogP contribution is 2.34. The van der Waals surface area contributed by atoms with Crippen LogP contribution in [0.2, 0.25) is 0 Å². The maximum Gasteiger partial charge on any atom is 0.255 e. The number of thiophene rings is 1. The summed E-state index contributed by atoms with van der Waals surface area (Å²) in [7, 11) is 0. The molecule has 0 atom stereocenters. The number of nitrogen functional groups attached to an aromatic ring is 1. The van der Waals surface area contributed by atoms with Gasteiger partial charge in [-0.05, 0) is 24.1 Å². The fourth-order valence-corrected chi connectivity index (χ4v) is 3.48. The molecule has 2 aromatic heterocycles. The summed E-state index contributed by atoms with van der Waals surface area (Å²) in [6.45, 7) is 1.12. The number of nitriles is 1. The Balaban J connectivity index is 1.87. The van der Waals surface area contributed by atoms with E-state index in [-0.39, 0.29) is 5.91 Å². The van der Waals surface area contributed by atoms with Gasteiger partial charge in [-0.3, -0.25) is 9.78 Å². The average molecular weight is 284 g/mol. The Morgan fingerprint density at radius 1 is 1.55 bits per heavy atom. The Hall–Kier alpha value is -2.39. The largest absolute Gasteiger partial charge is 0.389 e. The van der Waals surface area contributed by atoms with E-state index >= 15 is 0 Å². The topological polar surface area (TPSA) is 83.0 Å². The van der Waals surface area contributed by atoms with Gasteiger partial charge in [0.25, 0.3) is 5.91 Å². The lowest BCUT2D eigenvalue weighted by Gasteiger charge is -2.26. The van der Waals surface area contributed by atoms with E-state index < -0.39 is 0 Å². The van der Waals surface area contributed by atoms with Crippen LogP contribution in [0.5, 0.6) is 0 Å². The van der Waals surface area contributed by atoms with Crippen LogP contribution in [0.25, 0.3) is 0 Å². The highest BCUT2D eigenvalue weighted by atomic mass is 32.1. The molecule has 3 rings (SSSR count). The number of hydrogen-bond acceptors (Lipinski definition) is 5. The third-order valence-corrected chi connectivity index (χ3v) is 4.44. The predicted octanol–water partition coefficient (Wildman–Crippen LogP) is 1.80. The summed E-state index contributed by atoms with van der Waals surface area (Å²) in [5.74, 6) is -0.0331. The van der Waals surface area contributed by atoms with Gasteiger partial charge in [0.1, 0.15) is 11.1 Å². The van der Waals surface area contributed by atoms with Crippen LogP contribution in [0.15, 0.2) is 24.5 Å². The summed E-state index contributed by atoms with van der Waals surface area (Å²) >= 11 is 1.40. The van der Waals surface area contributed by atoms with E-state index in [0.29, 0.717) is 35.6 Å². The lowest BCUT2D eigenvalue weighted by atomic mass is 10.0. The zero-order chi connectivity index (χ0) is 14.1. The molecule has 6 heteroatoms. The van der Waals surface area contributed by atoms with E-state index in [1.165, 1.54) is 11.3 Å². The van der Waals surface area contributed by atoms with Gasteiger partial charge < -0.3 is 10.6 Å². The van der Waals surface area contributed by atoms with Crippen molar-refractivity contribution >= 4 is 22.2 Å². The number of fused-ring (bicyclic) bond motifs is 1. The maximum absolute atomic E-state index is 12.4. The summed E-state index contributed by atoms with van der Waals surface area (Å²) in [5, 5.41) is 9.65. The van der Waals surface area contributed by atoms with E-state index in [1.807, 2.05) is 0 Å². The van der Waals surface area contributed by atoms with Crippen molar-refractivity contribution < 1.29 is 4.79 Å². The Bertz CT molecular complexity index is 702. The second-order valence-electron chi connectivity index (χ2n) is 4.57. The monoisotopic (exact) mass is 284 g/mol. The maximum atomic E-state index is 12.4. The van der Waals surface area contributed by atoms with Crippen molar-refractivity contribution in [1.82, 2.24) is 9.88 Å². The SMILES string of the molecule is N#Cc1c(N)sc2c1CCN(C(=O)c1cccnc1)C2. The van der Waals surface area contributed by atoms with Crippen molar-refractivity contribution in [3.63, 3.8) is 0 Å². The van der Waals surface area contributed by atoms with E-state index in [2.05, 4.69) is 11.1 Å². The lowest BCUT2D eigenvalue weighted by molar-refractivity contribution is 0.0736. The van der Waals surface area contributed by atoms with Crippen molar-refractivity contribution in [3.8, 4) is 6.07 Å². The summed E-state index contributed by atoms with van der Waals surface area (Å²) in [5.41, 5.74) is 8.02. The number of pyridine rings is 1. The van der Waals surface area contributed by atoms with Gasteiger partial charge in [-0.15, -0.1) is 11.3 Å². The number of carbonyl (C=O) groups is 1. The number of rotatable bonds is 1. The Morgan fingerprint density at radius 2 is 2.40 bits per heavy atom. The Kier molecular flexibility index (Phi) is 3.12. The summed E-state index contributed by atoms with van der Waals surface area (Å²) < 4.78 is 0. The van der Waals surface area contributed by atoms with Gasteiger partial charge >= 0.3 is 0 Å². The molecule has 0 saturated heterocycles. The van der Waals surface area contributed by atoms with Gasteiger partial charge in [0.15, 0.2) is 0 Å². The van der Waals surface area contributed by atoms with Gasteiger partial charge in [0, 0.05) is 23.8 Å². The molecule has 2 N–H and O–H groups in total. The highest BCUT2D eigenvalue weighted by molar-refractivity contribution is 7.16. The van der Waals surface area contributed by atoms with Crippen LogP contribution in [0.3, 0.4) is 0 Å². The summed E-state index contributed by atoms with van der Waals surface area (Å²) in [6, 6.07) is 5.66. The van der Waals surface area contributed by atoms with E-state index in [0.717, 1.165) is 10.4 Å². The first-order valence-electron chi connectivity index (χ1n) is 6.20. The zero-order valence-electron chi connectivity index (χ0n) is 10.7. The molecule has 3 heterocycles. The molecule has 0 aliphatic carbocycles. The molecule has 1 amide bonds. The van der Waals surface area contributed by atoms with Crippen molar-refractivity contribution in [2.75, 3.05) is 12.3 Å². The minimum Gasteiger partial charge on any atom is -0.389 e. The zero-order valence-corrected chi connectivity index (χ0v) is 11.5. The molecular formula is C14H12N4OS. The second kappa shape index (κ2) is 4.94. The first-order chi connectivity index (χ1) is 9.70. The number of anilines is 1. The van der Waals surface area contributed by atoms with Crippen LogP contribution in [0.4, 0.5) is 5.00 Å². The number of aromatic nitrogens is 1. The number of nitrogens with two attached hydrogens (primary N) is 1. The fourth-order valence-electron chi connectivity index (χ4n) is 2.39. The standard InChI is InChI=1S/C14H12N4OS/c15-6-11-10-3-5-18(8-12(10)20-13(11)16)14(19)9-2-1-4-17-7-9/h1-2,4,7H,3,5,8,16H2. The molecule has 0 spiro atoms. The summed E-state index contributed by atoms with van der Waals surface area (Å²) in [4.78, 5) is 19.1. The molecule has 0 saturated carbocycles. The van der Waals surface area contributed by atoms with Crippen LogP contribution < -0.4 is 5.73 Å². The number of carbonyl (C=O) groups excluding carboxylic acids is 1. The minimum atomic E-state index is -0.0331. The molecular weight excluding hydrogens is 272 g/mol. The van der Waals surface area contributed by atoms with Crippen LogP contribution >= 0.6 is 11.3 Å². The fraction of sp³-hybridized carbons (Fsp3) is 0.214. The lowest BCUT2D eigenvalue weighted by Crippen LogP contribution is -2.35. The van der Waals surface area contributed by atoms with Crippen LogP contribution in [0, 0.1) is 11.3 Å². The number of nitrogens with zero attached hydrogens (tertiary/aromatic N) is 3. The van der Waals surface area contributed by atoms with Crippen molar-refractivity contribution in [1.29, 1.82) is 5.26 Å². The molecule has 0 fully saturated rings. The smallest absolute Gasteiger partial charge is 0.255 e. The average Bonchev–Trinajstić information content (AvgIpc) is 2.81. The van der Waals surface area contributed by atoms with Gasteiger partial charge in [0.05, 0.1) is 17.7 Å². The number of amides is 1. The third-order valence-electron chi connectivity index (χ3n) is 3.39. The van der Waals surface area contributed by atoms with E-state index in [1.54, 1.807) is 29.4 Å². The third kappa shape index (κ3) is 2.02. The van der Waals surface area contributed by atoms with Gasteiger partial charge in [0.2, 0.25) is 0 Å². The Labute approximate surface area is 120 Å². The molecule has 1 aliphatic heterocycles. The molecule has 0 aromatic carbocycles. The van der Waals surface area contributed by atoms with Gasteiger partial charge in [-0.25, -0.2) is 0 Å². The number of hydrogen-bond donors (Lipinski definition) is 1. The molecule has 0 bridgehead atoms. The van der Waals surface area contributed by atoms with Gasteiger partial charge in [-0.2, -0.15) is 5.26 Å². The van der Waals surface area contributed by atoms with Crippen molar-refractivity contribution in [3.05, 3.63) is 46.1 Å². The van der Waals surface area contributed by atoms with Gasteiger partial charge in [-0.1, -0.05) is 0 Å². The molecule has 1 aliphatic rings. The van der Waals surface area contributed by atoms with E-state index in [9.17, 15) is 4.79 Å². The van der Waals surface area contributed by atoms with Crippen molar-refractivity contribution in [2.24, 2.45) is 0 Å². The second-order valence-corrected chi connectivity index (χ2v) is 5.71. The highest BCUT2D eigenvalue weighted by Gasteiger charge is 2.26. The predicted molar refractivity (Wildman–Crippen MR) is 76.1 cm³/mol. The normalized spacial score (nSPS) is 13.7. The van der Waals surface area contributed by atoms with Crippen molar-refractivity contribution in [2.45, 2.75) is 13.0 Å². The molecule has 0 unspecified atom stereocenters. The summed E-state index contributed by atoms with van der Waals surface area (Å²) in [6.07, 6.45) is 3.89. The van der Waals surface area contributed by atoms with Crippen LogP contribution in [-0.2, 0) is 13.0 Å². The molecule has 5 nitrogen and oxygen atoms in total. The van der Waals surface area contributed by atoms with E-state index in [4.69, 9.17) is 11.0 Å². The molecule has 0 radical (unpaired) electrons. The Morgan fingerprint density at radius 3 is 3.10 bits per heavy atom. The first kappa shape index (κ1) is 12.6. The molecule has 2 aromatic rings. The quantitative estimate of drug-likeness (QED) is 0.865. The molecule has 20 heavy (non-hydrogen) atoms. The molecule has 100 valence electrons. The first-order valence-corrected chi connectivity index (χ1v) is 7.01.